The number of carbonyl (C=O) groups excluding carboxylic acids is 1. The van der Waals surface area contributed by atoms with E-state index in [1.807, 2.05) is 70.2 Å². The van der Waals surface area contributed by atoms with Crippen LogP contribution in [-0.4, -0.2) is 43.0 Å². The maximum atomic E-state index is 13.2. The standard InChI is InChI=1S/C35H47N3O4Si/c1-23-26(27-14-12-16-29(36)24(27)2)13-11-15-28(23)32-37-30-21-25(17-18-31(30)41-32)22-38(33(39)42-34(3,4)5)19-20-40-43(9,10)35(6,7)8/h11-18,21H,19-20,22,36H2,1-10H3. The van der Waals surface area contributed by atoms with Gasteiger partial charge < -0.3 is 24.2 Å². The number of amides is 1. The summed E-state index contributed by atoms with van der Waals surface area (Å²) in [6, 6.07) is 18.0. The average molecular weight is 602 g/mol. The molecule has 0 saturated heterocycles. The van der Waals surface area contributed by atoms with Crippen LogP contribution >= 0.6 is 0 Å². The summed E-state index contributed by atoms with van der Waals surface area (Å²) in [5.74, 6) is 0.555. The Kier molecular flexibility index (Phi) is 9.14. The lowest BCUT2D eigenvalue weighted by Gasteiger charge is -2.37. The number of nitrogen functional groups attached to an aromatic ring is 1. The Morgan fingerprint density at radius 1 is 0.930 bits per heavy atom. The molecular weight excluding hydrogens is 554 g/mol. The molecular formula is C35H47N3O4Si. The molecule has 7 nitrogen and oxygen atoms in total. The summed E-state index contributed by atoms with van der Waals surface area (Å²) in [7, 11) is -1.96. The van der Waals surface area contributed by atoms with Crippen molar-refractivity contribution in [3.05, 3.63) is 71.3 Å². The molecule has 0 aliphatic heterocycles. The average Bonchev–Trinajstić information content (AvgIpc) is 3.31. The summed E-state index contributed by atoms with van der Waals surface area (Å²) in [5, 5.41) is 0.0879. The molecule has 1 heterocycles. The number of nitrogens with two attached hydrogens (primary N) is 1. The van der Waals surface area contributed by atoms with Crippen LogP contribution in [0.25, 0.3) is 33.7 Å². The Morgan fingerprint density at radius 2 is 1.56 bits per heavy atom. The molecule has 0 fully saturated rings. The quantitative estimate of drug-likeness (QED) is 0.160. The van der Waals surface area contributed by atoms with Crippen molar-refractivity contribution < 1.29 is 18.4 Å². The zero-order valence-corrected chi connectivity index (χ0v) is 28.4. The number of nitrogens with zero attached hydrogens (tertiary/aromatic N) is 2. The molecule has 0 bridgehead atoms. The number of anilines is 1. The van der Waals surface area contributed by atoms with Crippen molar-refractivity contribution in [2.45, 2.75) is 85.7 Å². The van der Waals surface area contributed by atoms with Gasteiger partial charge in [0.05, 0.1) is 6.61 Å². The van der Waals surface area contributed by atoms with Gasteiger partial charge in [-0.1, -0.05) is 51.1 Å². The molecule has 1 amide bonds. The van der Waals surface area contributed by atoms with Gasteiger partial charge in [0.15, 0.2) is 13.9 Å². The number of benzene rings is 3. The second-order valence-electron chi connectivity index (χ2n) is 13.8. The molecule has 43 heavy (non-hydrogen) atoms. The van der Waals surface area contributed by atoms with Crippen LogP contribution < -0.4 is 5.73 Å². The fraction of sp³-hybridized carbons (Fsp3) is 0.429. The number of oxazole rings is 1. The Morgan fingerprint density at radius 3 is 2.21 bits per heavy atom. The second kappa shape index (κ2) is 12.2. The van der Waals surface area contributed by atoms with Gasteiger partial charge in [0.2, 0.25) is 5.89 Å². The van der Waals surface area contributed by atoms with E-state index < -0.39 is 13.9 Å². The monoisotopic (exact) mass is 601 g/mol. The van der Waals surface area contributed by atoms with Crippen LogP contribution in [0.3, 0.4) is 0 Å². The molecule has 0 aliphatic carbocycles. The first-order valence-corrected chi connectivity index (χ1v) is 17.8. The summed E-state index contributed by atoms with van der Waals surface area (Å²) in [4.78, 5) is 19.8. The predicted molar refractivity (Wildman–Crippen MR) is 179 cm³/mol. The highest BCUT2D eigenvalue weighted by molar-refractivity contribution is 6.74. The third-order valence-electron chi connectivity index (χ3n) is 8.34. The van der Waals surface area contributed by atoms with Gasteiger partial charge in [-0.15, -0.1) is 0 Å². The van der Waals surface area contributed by atoms with E-state index in [2.05, 4.69) is 52.9 Å². The SMILES string of the molecule is Cc1c(N)cccc1-c1cccc(-c2nc3cc(CN(CCO[Si](C)(C)C(C)(C)C)C(=O)OC(C)(C)C)ccc3o2)c1C. The van der Waals surface area contributed by atoms with Crippen molar-refractivity contribution in [3.8, 4) is 22.6 Å². The maximum absolute atomic E-state index is 13.2. The number of hydrogen-bond acceptors (Lipinski definition) is 6. The highest BCUT2D eigenvalue weighted by Gasteiger charge is 2.37. The van der Waals surface area contributed by atoms with Gasteiger partial charge >= 0.3 is 6.09 Å². The van der Waals surface area contributed by atoms with Gasteiger partial charge in [-0.05, 0) is 105 Å². The normalized spacial score (nSPS) is 12.5. The smallest absolute Gasteiger partial charge is 0.410 e. The van der Waals surface area contributed by atoms with Crippen molar-refractivity contribution in [2.24, 2.45) is 0 Å². The van der Waals surface area contributed by atoms with Crippen molar-refractivity contribution >= 4 is 31.2 Å². The van der Waals surface area contributed by atoms with Crippen LogP contribution in [0.5, 0.6) is 0 Å². The van der Waals surface area contributed by atoms with E-state index in [9.17, 15) is 4.79 Å². The Bertz CT molecular complexity index is 1610. The van der Waals surface area contributed by atoms with Crippen LogP contribution in [0.15, 0.2) is 59.0 Å². The summed E-state index contributed by atoms with van der Waals surface area (Å²) in [6.45, 7) is 22.1. The molecule has 0 spiro atoms. The lowest BCUT2D eigenvalue weighted by Crippen LogP contribution is -2.44. The van der Waals surface area contributed by atoms with Gasteiger partial charge in [0.1, 0.15) is 11.1 Å². The molecule has 1 aromatic heterocycles. The van der Waals surface area contributed by atoms with Crippen molar-refractivity contribution in [1.82, 2.24) is 9.88 Å². The zero-order chi connectivity index (χ0) is 31.7. The number of hydrogen-bond donors (Lipinski definition) is 1. The minimum absolute atomic E-state index is 0.0879. The van der Waals surface area contributed by atoms with E-state index in [1.54, 1.807) is 4.90 Å². The van der Waals surface area contributed by atoms with Crippen LogP contribution in [-0.2, 0) is 15.7 Å². The third kappa shape index (κ3) is 7.48. The van der Waals surface area contributed by atoms with Crippen molar-refractivity contribution in [3.63, 3.8) is 0 Å². The molecule has 4 aromatic rings. The lowest BCUT2D eigenvalue weighted by atomic mass is 9.93. The van der Waals surface area contributed by atoms with E-state index in [0.717, 1.165) is 44.6 Å². The van der Waals surface area contributed by atoms with Gasteiger partial charge in [-0.2, -0.15) is 0 Å². The Balaban J connectivity index is 1.60. The van der Waals surface area contributed by atoms with Gasteiger partial charge in [0, 0.05) is 24.3 Å². The topological polar surface area (TPSA) is 90.8 Å². The molecule has 0 atom stereocenters. The second-order valence-corrected chi connectivity index (χ2v) is 18.6. The molecule has 0 radical (unpaired) electrons. The number of rotatable bonds is 8. The largest absolute Gasteiger partial charge is 0.444 e. The third-order valence-corrected chi connectivity index (χ3v) is 12.9. The summed E-state index contributed by atoms with van der Waals surface area (Å²) >= 11 is 0. The first-order valence-electron chi connectivity index (χ1n) is 14.9. The van der Waals surface area contributed by atoms with Gasteiger partial charge in [-0.25, -0.2) is 9.78 Å². The predicted octanol–water partition coefficient (Wildman–Crippen LogP) is 9.12. The van der Waals surface area contributed by atoms with E-state index in [-0.39, 0.29) is 11.1 Å². The first-order chi connectivity index (χ1) is 20.0. The molecule has 4 rings (SSSR count). The highest BCUT2D eigenvalue weighted by atomic mass is 28.4. The molecule has 230 valence electrons. The van der Waals surface area contributed by atoms with Crippen LogP contribution in [0.4, 0.5) is 10.5 Å². The number of ether oxygens (including phenoxy) is 1. The molecule has 0 unspecified atom stereocenters. The summed E-state index contributed by atoms with van der Waals surface area (Å²) in [6.07, 6.45) is -0.364. The highest BCUT2D eigenvalue weighted by Crippen LogP contribution is 2.37. The van der Waals surface area contributed by atoms with E-state index in [0.29, 0.717) is 31.2 Å². The molecule has 0 aliphatic rings. The minimum Gasteiger partial charge on any atom is -0.444 e. The summed E-state index contributed by atoms with van der Waals surface area (Å²) < 4.78 is 18.4. The van der Waals surface area contributed by atoms with Crippen molar-refractivity contribution in [1.29, 1.82) is 0 Å². The Hall–Kier alpha value is -3.62. The first kappa shape index (κ1) is 32.3. The van der Waals surface area contributed by atoms with E-state index in [4.69, 9.17) is 24.3 Å². The molecule has 0 saturated carbocycles. The van der Waals surface area contributed by atoms with Gasteiger partial charge in [0.25, 0.3) is 0 Å². The van der Waals surface area contributed by atoms with E-state index >= 15 is 0 Å². The van der Waals surface area contributed by atoms with Crippen LogP contribution in [0.2, 0.25) is 18.1 Å². The Labute approximate surface area is 257 Å². The minimum atomic E-state index is -1.96. The van der Waals surface area contributed by atoms with Crippen molar-refractivity contribution in [2.75, 3.05) is 18.9 Å². The van der Waals surface area contributed by atoms with Gasteiger partial charge in [-0.3, -0.25) is 0 Å². The number of carbonyl (C=O) groups is 1. The van der Waals surface area contributed by atoms with E-state index in [1.165, 1.54) is 0 Å². The molecule has 2 N–H and O–H groups in total. The number of aromatic nitrogens is 1. The zero-order valence-electron chi connectivity index (χ0n) is 27.4. The summed E-state index contributed by atoms with van der Waals surface area (Å²) in [5.41, 5.74) is 14.0. The maximum Gasteiger partial charge on any atom is 0.410 e. The molecule has 3 aromatic carbocycles. The van der Waals surface area contributed by atoms with Crippen LogP contribution in [0.1, 0.15) is 58.2 Å². The lowest BCUT2D eigenvalue weighted by molar-refractivity contribution is 0.0205. The fourth-order valence-corrected chi connectivity index (χ4v) is 5.73. The number of fused-ring (bicyclic) bond motifs is 1. The van der Waals surface area contributed by atoms with Crippen LogP contribution in [0, 0.1) is 13.8 Å². The molecule has 8 heteroatoms. The fourth-order valence-electron chi connectivity index (χ4n) is 4.70.